The lowest BCUT2D eigenvalue weighted by atomic mass is 9.80. The topological polar surface area (TPSA) is 92.4 Å². The number of halogens is 1. The molecule has 1 amide bonds. The molecule has 0 aliphatic heterocycles. The van der Waals surface area contributed by atoms with Crippen LogP contribution >= 0.6 is 11.6 Å². The van der Waals surface area contributed by atoms with Crippen LogP contribution in [0.15, 0.2) is 34.9 Å². The summed E-state index contributed by atoms with van der Waals surface area (Å²) in [7, 11) is 0. The molecule has 114 valence electrons. The number of carbonyl (C=O) groups excluding carboxylic acids is 1. The largest absolute Gasteiger partial charge is 0.481 e. The van der Waals surface area contributed by atoms with E-state index in [2.05, 4.69) is 10.5 Å². The summed E-state index contributed by atoms with van der Waals surface area (Å²) in [6.07, 6.45) is 0.882. The van der Waals surface area contributed by atoms with Gasteiger partial charge in [0.05, 0.1) is 10.9 Å². The summed E-state index contributed by atoms with van der Waals surface area (Å²) in [6, 6.07) is 8.49. The summed E-state index contributed by atoms with van der Waals surface area (Å²) in [5, 5.41) is 15.8. The van der Waals surface area contributed by atoms with Gasteiger partial charge in [0, 0.05) is 17.7 Å². The molecule has 1 aliphatic rings. The number of aromatic nitrogens is 1. The Bertz CT molecular complexity index is 722. The van der Waals surface area contributed by atoms with E-state index in [4.69, 9.17) is 21.2 Å². The number of amides is 1. The molecule has 1 aromatic heterocycles. The second-order valence-corrected chi connectivity index (χ2v) is 5.64. The third-order valence-corrected chi connectivity index (χ3v) is 4.03. The van der Waals surface area contributed by atoms with Crippen LogP contribution in [0.1, 0.15) is 23.3 Å². The Morgan fingerprint density at radius 3 is 2.73 bits per heavy atom. The molecular weight excluding hydrogens is 308 g/mol. The van der Waals surface area contributed by atoms with Crippen molar-refractivity contribution >= 4 is 23.5 Å². The van der Waals surface area contributed by atoms with Crippen LogP contribution < -0.4 is 5.32 Å². The maximum atomic E-state index is 12.0. The van der Waals surface area contributed by atoms with Crippen LogP contribution in [0, 0.1) is 5.92 Å². The Morgan fingerprint density at radius 1 is 1.32 bits per heavy atom. The third-order valence-electron chi connectivity index (χ3n) is 3.70. The molecule has 0 bridgehead atoms. The van der Waals surface area contributed by atoms with E-state index in [0.717, 1.165) is 0 Å². The van der Waals surface area contributed by atoms with Gasteiger partial charge in [-0.05, 0) is 25.0 Å². The van der Waals surface area contributed by atoms with Crippen molar-refractivity contribution in [2.24, 2.45) is 5.92 Å². The molecule has 0 unspecified atom stereocenters. The predicted molar refractivity (Wildman–Crippen MR) is 78.6 cm³/mol. The molecule has 1 aliphatic carbocycles. The monoisotopic (exact) mass is 320 g/mol. The van der Waals surface area contributed by atoms with Gasteiger partial charge in [-0.1, -0.05) is 28.9 Å². The predicted octanol–water partition coefficient (Wildman–Crippen LogP) is 2.59. The van der Waals surface area contributed by atoms with Crippen molar-refractivity contribution in [3.8, 4) is 11.3 Å². The van der Waals surface area contributed by atoms with Gasteiger partial charge in [0.15, 0.2) is 11.5 Å². The molecule has 1 heterocycles. The quantitative estimate of drug-likeness (QED) is 0.903. The first kappa shape index (κ1) is 14.6. The lowest BCUT2D eigenvalue weighted by Crippen LogP contribution is -2.46. The SMILES string of the molecule is O=C(NC1CC(C(=O)O)C1)c1cc(-c2ccccc2Cl)on1. The van der Waals surface area contributed by atoms with Crippen molar-refractivity contribution in [1.82, 2.24) is 10.5 Å². The highest BCUT2D eigenvalue weighted by molar-refractivity contribution is 6.33. The fourth-order valence-corrected chi connectivity index (χ4v) is 2.60. The fourth-order valence-electron chi connectivity index (χ4n) is 2.37. The van der Waals surface area contributed by atoms with E-state index in [9.17, 15) is 9.59 Å². The molecule has 6 nitrogen and oxygen atoms in total. The van der Waals surface area contributed by atoms with Crippen molar-refractivity contribution in [2.75, 3.05) is 0 Å². The Labute approximate surface area is 131 Å². The molecule has 0 atom stereocenters. The molecule has 22 heavy (non-hydrogen) atoms. The highest BCUT2D eigenvalue weighted by atomic mass is 35.5. The second kappa shape index (κ2) is 5.81. The minimum absolute atomic E-state index is 0.130. The van der Waals surface area contributed by atoms with Crippen molar-refractivity contribution in [3.63, 3.8) is 0 Å². The molecule has 2 aromatic rings. The standard InChI is InChI=1S/C15H13ClN2O4/c16-11-4-2-1-3-10(11)13-7-12(18-22-13)14(19)17-9-5-8(6-9)15(20)21/h1-4,7-9H,5-6H2,(H,17,19)(H,20,21). The zero-order valence-electron chi connectivity index (χ0n) is 11.5. The van der Waals surface area contributed by atoms with Crippen LogP contribution in [0.2, 0.25) is 5.02 Å². The highest BCUT2D eigenvalue weighted by Crippen LogP contribution is 2.29. The first-order valence-corrected chi connectivity index (χ1v) is 7.17. The van der Waals surface area contributed by atoms with Gasteiger partial charge in [-0.15, -0.1) is 0 Å². The molecule has 1 fully saturated rings. The van der Waals surface area contributed by atoms with Crippen LogP contribution in [-0.4, -0.2) is 28.2 Å². The Balaban J connectivity index is 1.66. The number of carbonyl (C=O) groups is 2. The van der Waals surface area contributed by atoms with E-state index >= 15 is 0 Å². The van der Waals surface area contributed by atoms with E-state index in [1.54, 1.807) is 18.2 Å². The number of benzene rings is 1. The van der Waals surface area contributed by atoms with Crippen LogP contribution in [0.4, 0.5) is 0 Å². The molecule has 0 radical (unpaired) electrons. The van der Waals surface area contributed by atoms with Crippen LogP contribution in [-0.2, 0) is 4.79 Å². The van der Waals surface area contributed by atoms with Crippen molar-refractivity contribution in [2.45, 2.75) is 18.9 Å². The van der Waals surface area contributed by atoms with Gasteiger partial charge in [-0.25, -0.2) is 0 Å². The van der Waals surface area contributed by atoms with Crippen molar-refractivity contribution in [1.29, 1.82) is 0 Å². The summed E-state index contributed by atoms with van der Waals surface area (Å²) in [6.45, 7) is 0. The smallest absolute Gasteiger partial charge is 0.306 e. The van der Waals surface area contributed by atoms with Gasteiger partial charge in [-0.3, -0.25) is 9.59 Å². The summed E-state index contributed by atoms with van der Waals surface area (Å²) < 4.78 is 5.16. The number of hydrogen-bond donors (Lipinski definition) is 2. The minimum Gasteiger partial charge on any atom is -0.481 e. The van der Waals surface area contributed by atoms with E-state index in [-0.39, 0.29) is 23.6 Å². The van der Waals surface area contributed by atoms with Gasteiger partial charge in [0.1, 0.15) is 0 Å². The first-order chi connectivity index (χ1) is 10.5. The Kier molecular flexibility index (Phi) is 3.85. The minimum atomic E-state index is -0.826. The van der Waals surface area contributed by atoms with E-state index in [0.29, 0.717) is 29.2 Å². The number of rotatable bonds is 4. The third kappa shape index (κ3) is 2.82. The molecule has 3 rings (SSSR count). The van der Waals surface area contributed by atoms with Crippen LogP contribution in [0.3, 0.4) is 0 Å². The highest BCUT2D eigenvalue weighted by Gasteiger charge is 2.35. The van der Waals surface area contributed by atoms with Gasteiger partial charge in [-0.2, -0.15) is 0 Å². The molecule has 0 spiro atoms. The molecule has 7 heteroatoms. The van der Waals surface area contributed by atoms with E-state index in [1.165, 1.54) is 6.07 Å². The van der Waals surface area contributed by atoms with Crippen molar-refractivity contribution in [3.05, 3.63) is 41.0 Å². The molecule has 1 saturated carbocycles. The van der Waals surface area contributed by atoms with Crippen LogP contribution in [0.25, 0.3) is 11.3 Å². The normalized spacial score (nSPS) is 20.2. The van der Waals surface area contributed by atoms with Gasteiger partial charge in [0.2, 0.25) is 0 Å². The zero-order chi connectivity index (χ0) is 15.7. The molecular formula is C15H13ClN2O4. The fraction of sp³-hybridized carbons (Fsp3) is 0.267. The average Bonchev–Trinajstić information content (AvgIpc) is 2.91. The lowest BCUT2D eigenvalue weighted by Gasteiger charge is -2.32. The summed E-state index contributed by atoms with van der Waals surface area (Å²) in [5.41, 5.74) is 0.805. The summed E-state index contributed by atoms with van der Waals surface area (Å²) in [4.78, 5) is 22.8. The van der Waals surface area contributed by atoms with Gasteiger partial charge >= 0.3 is 5.97 Å². The molecule has 0 saturated heterocycles. The summed E-state index contributed by atoms with van der Waals surface area (Å²) in [5.74, 6) is -1.17. The number of hydrogen-bond acceptors (Lipinski definition) is 4. The Morgan fingerprint density at radius 2 is 2.05 bits per heavy atom. The number of carboxylic acid groups (broad SMARTS) is 1. The number of aliphatic carboxylic acids is 1. The molecule has 1 aromatic carbocycles. The zero-order valence-corrected chi connectivity index (χ0v) is 12.2. The maximum absolute atomic E-state index is 12.0. The average molecular weight is 321 g/mol. The van der Waals surface area contributed by atoms with Crippen LogP contribution in [0.5, 0.6) is 0 Å². The van der Waals surface area contributed by atoms with Crippen molar-refractivity contribution < 1.29 is 19.2 Å². The number of nitrogens with one attached hydrogen (secondary N) is 1. The maximum Gasteiger partial charge on any atom is 0.306 e. The summed E-state index contributed by atoms with van der Waals surface area (Å²) >= 11 is 6.07. The Hall–Kier alpha value is -2.34. The first-order valence-electron chi connectivity index (χ1n) is 6.80. The van der Waals surface area contributed by atoms with Gasteiger partial charge < -0.3 is 14.9 Å². The second-order valence-electron chi connectivity index (χ2n) is 5.23. The van der Waals surface area contributed by atoms with E-state index in [1.807, 2.05) is 6.07 Å². The van der Waals surface area contributed by atoms with E-state index < -0.39 is 5.97 Å². The van der Waals surface area contributed by atoms with Gasteiger partial charge in [0.25, 0.3) is 5.91 Å². The molecule has 2 N–H and O–H groups in total. The number of carboxylic acids is 1. The lowest BCUT2D eigenvalue weighted by molar-refractivity contribution is -0.145. The number of nitrogens with zero attached hydrogens (tertiary/aromatic N) is 1.